The largest absolute Gasteiger partial charge is 0.311 e. The van der Waals surface area contributed by atoms with Gasteiger partial charge in [0.05, 0.1) is 5.38 Å². The van der Waals surface area contributed by atoms with Gasteiger partial charge in [-0.05, 0) is 50.3 Å². The SMILES string of the molecule is CSCCCCCCn1c(C(C)Cl)nc2cc(C)cnc21. The first kappa shape index (κ1) is 16.6. The van der Waals surface area contributed by atoms with Crippen LogP contribution >= 0.6 is 23.4 Å². The summed E-state index contributed by atoms with van der Waals surface area (Å²) >= 11 is 8.21. The molecule has 2 aromatic rings. The number of aryl methyl sites for hydroxylation is 2. The van der Waals surface area contributed by atoms with Crippen molar-refractivity contribution in [1.82, 2.24) is 14.5 Å². The van der Waals surface area contributed by atoms with Gasteiger partial charge in [-0.1, -0.05) is 12.8 Å². The molecule has 0 bridgehead atoms. The number of alkyl halides is 1. The minimum absolute atomic E-state index is 0.0870. The van der Waals surface area contributed by atoms with Gasteiger partial charge in [0, 0.05) is 12.7 Å². The van der Waals surface area contributed by atoms with Crippen LogP contribution in [0.2, 0.25) is 0 Å². The monoisotopic (exact) mass is 325 g/mol. The fraction of sp³-hybridized carbons (Fsp3) is 0.625. The first-order valence-electron chi connectivity index (χ1n) is 7.59. The highest BCUT2D eigenvalue weighted by Gasteiger charge is 2.15. The first-order chi connectivity index (χ1) is 10.1. The smallest absolute Gasteiger partial charge is 0.160 e. The van der Waals surface area contributed by atoms with Crippen molar-refractivity contribution in [1.29, 1.82) is 0 Å². The van der Waals surface area contributed by atoms with Gasteiger partial charge in [-0.15, -0.1) is 11.6 Å². The van der Waals surface area contributed by atoms with Gasteiger partial charge in [-0.2, -0.15) is 11.8 Å². The number of fused-ring (bicyclic) bond motifs is 1. The summed E-state index contributed by atoms with van der Waals surface area (Å²) in [6.07, 6.45) is 9.09. The number of hydrogen-bond acceptors (Lipinski definition) is 3. The van der Waals surface area contributed by atoms with Crippen LogP contribution in [0.4, 0.5) is 0 Å². The number of thioether (sulfide) groups is 1. The normalized spacial score (nSPS) is 13.0. The van der Waals surface area contributed by atoms with Crippen LogP contribution in [0.1, 0.15) is 49.4 Å². The average molecular weight is 326 g/mol. The van der Waals surface area contributed by atoms with E-state index < -0.39 is 0 Å². The molecule has 2 aromatic heterocycles. The third kappa shape index (κ3) is 4.36. The van der Waals surface area contributed by atoms with E-state index in [0.29, 0.717) is 0 Å². The molecule has 3 nitrogen and oxygen atoms in total. The van der Waals surface area contributed by atoms with Crippen molar-refractivity contribution in [3.8, 4) is 0 Å². The van der Waals surface area contributed by atoms with Crippen LogP contribution in [0.3, 0.4) is 0 Å². The van der Waals surface area contributed by atoms with E-state index in [1.165, 1.54) is 25.0 Å². The second-order valence-corrected chi connectivity index (χ2v) is 7.14. The minimum Gasteiger partial charge on any atom is -0.311 e. The Balaban J connectivity index is 2.08. The van der Waals surface area contributed by atoms with E-state index >= 15 is 0 Å². The van der Waals surface area contributed by atoms with Gasteiger partial charge in [0.1, 0.15) is 11.3 Å². The highest BCUT2D eigenvalue weighted by atomic mass is 35.5. The molecular weight excluding hydrogens is 302 g/mol. The van der Waals surface area contributed by atoms with E-state index in [2.05, 4.69) is 26.9 Å². The number of imidazole rings is 1. The van der Waals surface area contributed by atoms with Gasteiger partial charge in [-0.25, -0.2) is 9.97 Å². The molecule has 1 atom stereocenters. The van der Waals surface area contributed by atoms with E-state index in [4.69, 9.17) is 11.6 Å². The minimum atomic E-state index is -0.0870. The first-order valence-corrected chi connectivity index (χ1v) is 9.42. The molecule has 116 valence electrons. The summed E-state index contributed by atoms with van der Waals surface area (Å²) in [7, 11) is 0. The summed E-state index contributed by atoms with van der Waals surface area (Å²) in [5, 5.41) is -0.0870. The van der Waals surface area contributed by atoms with Crippen LogP contribution in [0.15, 0.2) is 12.3 Å². The highest BCUT2D eigenvalue weighted by Crippen LogP contribution is 2.24. The van der Waals surface area contributed by atoms with Gasteiger partial charge in [0.15, 0.2) is 5.65 Å². The highest BCUT2D eigenvalue weighted by molar-refractivity contribution is 7.98. The van der Waals surface area contributed by atoms with E-state index in [1.807, 2.05) is 31.8 Å². The maximum atomic E-state index is 6.29. The fourth-order valence-electron chi connectivity index (χ4n) is 2.52. The molecule has 0 amide bonds. The number of unbranched alkanes of at least 4 members (excludes halogenated alkanes) is 3. The summed E-state index contributed by atoms with van der Waals surface area (Å²) in [4.78, 5) is 9.22. The van der Waals surface area contributed by atoms with Gasteiger partial charge in [0.2, 0.25) is 0 Å². The lowest BCUT2D eigenvalue weighted by Crippen LogP contribution is -2.05. The summed E-state index contributed by atoms with van der Waals surface area (Å²) in [5.41, 5.74) is 3.06. The van der Waals surface area contributed by atoms with Crippen LogP contribution in [-0.4, -0.2) is 26.5 Å². The Kier molecular flexibility index (Phi) is 6.37. The molecule has 0 N–H and O–H groups in total. The average Bonchev–Trinajstić information content (AvgIpc) is 2.80. The molecule has 0 radical (unpaired) electrons. The number of hydrogen-bond donors (Lipinski definition) is 0. The van der Waals surface area contributed by atoms with Crippen molar-refractivity contribution in [2.45, 2.75) is 51.5 Å². The molecule has 1 unspecified atom stereocenters. The Hall–Kier alpha value is -0.740. The molecule has 0 saturated heterocycles. The van der Waals surface area contributed by atoms with E-state index in [-0.39, 0.29) is 5.38 Å². The molecule has 0 saturated carbocycles. The standard InChI is InChI=1S/C16H24ClN3S/c1-12-10-14-16(18-11-12)20(15(19-14)13(2)17)8-6-4-5-7-9-21-3/h10-11,13H,4-9H2,1-3H3. The fourth-order valence-corrected chi connectivity index (χ4v) is 3.18. The van der Waals surface area contributed by atoms with E-state index in [9.17, 15) is 0 Å². The van der Waals surface area contributed by atoms with E-state index in [0.717, 1.165) is 35.5 Å². The maximum Gasteiger partial charge on any atom is 0.160 e. The number of halogens is 1. The Labute approximate surface area is 136 Å². The maximum absolute atomic E-state index is 6.29. The van der Waals surface area contributed by atoms with Gasteiger partial charge < -0.3 is 4.57 Å². The molecule has 0 aliphatic heterocycles. The Morgan fingerprint density at radius 3 is 2.76 bits per heavy atom. The molecular formula is C16H24ClN3S. The van der Waals surface area contributed by atoms with Gasteiger partial charge in [-0.3, -0.25) is 0 Å². The van der Waals surface area contributed by atoms with Crippen molar-refractivity contribution in [2.75, 3.05) is 12.0 Å². The second-order valence-electron chi connectivity index (χ2n) is 5.50. The summed E-state index contributed by atoms with van der Waals surface area (Å²) < 4.78 is 2.20. The lowest BCUT2D eigenvalue weighted by molar-refractivity contribution is 0.573. The van der Waals surface area contributed by atoms with Crippen molar-refractivity contribution in [2.24, 2.45) is 0 Å². The Morgan fingerprint density at radius 1 is 1.29 bits per heavy atom. The third-order valence-corrected chi connectivity index (χ3v) is 4.48. The predicted octanol–water partition coefficient (Wildman–Crippen LogP) is 4.96. The number of pyridine rings is 1. The zero-order valence-electron chi connectivity index (χ0n) is 13.1. The zero-order valence-corrected chi connectivity index (χ0v) is 14.7. The molecule has 0 aromatic carbocycles. The zero-order chi connectivity index (χ0) is 15.2. The lowest BCUT2D eigenvalue weighted by atomic mass is 10.2. The predicted molar refractivity (Wildman–Crippen MR) is 93.4 cm³/mol. The van der Waals surface area contributed by atoms with Crippen LogP contribution in [0.25, 0.3) is 11.2 Å². The van der Waals surface area contributed by atoms with Crippen molar-refractivity contribution in [3.05, 3.63) is 23.7 Å². The van der Waals surface area contributed by atoms with Crippen molar-refractivity contribution < 1.29 is 0 Å². The van der Waals surface area contributed by atoms with Gasteiger partial charge >= 0.3 is 0 Å². The lowest BCUT2D eigenvalue weighted by Gasteiger charge is -2.09. The molecule has 2 heterocycles. The third-order valence-electron chi connectivity index (χ3n) is 3.59. The molecule has 0 fully saturated rings. The van der Waals surface area contributed by atoms with Crippen LogP contribution in [0, 0.1) is 6.92 Å². The topological polar surface area (TPSA) is 30.7 Å². The molecule has 5 heteroatoms. The second kappa shape index (κ2) is 8.04. The molecule has 2 rings (SSSR count). The Morgan fingerprint density at radius 2 is 2.05 bits per heavy atom. The van der Waals surface area contributed by atoms with Gasteiger partial charge in [0.25, 0.3) is 0 Å². The Bertz CT molecular complexity index is 580. The van der Waals surface area contributed by atoms with E-state index in [1.54, 1.807) is 0 Å². The quantitative estimate of drug-likeness (QED) is 0.507. The van der Waals surface area contributed by atoms with Crippen molar-refractivity contribution in [3.63, 3.8) is 0 Å². The molecule has 0 spiro atoms. The number of rotatable bonds is 8. The molecule has 21 heavy (non-hydrogen) atoms. The summed E-state index contributed by atoms with van der Waals surface area (Å²) in [6.45, 7) is 4.98. The number of aromatic nitrogens is 3. The van der Waals surface area contributed by atoms with Crippen LogP contribution in [-0.2, 0) is 6.54 Å². The van der Waals surface area contributed by atoms with Crippen LogP contribution in [0.5, 0.6) is 0 Å². The molecule has 0 aliphatic carbocycles. The van der Waals surface area contributed by atoms with Crippen LogP contribution < -0.4 is 0 Å². The van der Waals surface area contributed by atoms with Crippen molar-refractivity contribution >= 4 is 34.5 Å². The summed E-state index contributed by atoms with van der Waals surface area (Å²) in [5.74, 6) is 2.20. The summed E-state index contributed by atoms with van der Waals surface area (Å²) in [6, 6.07) is 2.08. The number of nitrogens with zero attached hydrogens (tertiary/aromatic N) is 3. The molecule has 0 aliphatic rings.